The number of hydrogen-bond donors (Lipinski definition) is 1. The molecule has 0 saturated carbocycles. The van der Waals surface area contributed by atoms with Crippen molar-refractivity contribution in [2.45, 2.75) is 52.2 Å². The molecule has 0 bridgehead atoms. The second kappa shape index (κ2) is 13.6. The summed E-state index contributed by atoms with van der Waals surface area (Å²) >= 11 is 12.3. The fourth-order valence-electron chi connectivity index (χ4n) is 4.13. The molecule has 0 heterocycles. The van der Waals surface area contributed by atoms with Gasteiger partial charge in [-0.1, -0.05) is 54.4 Å². The maximum absolute atomic E-state index is 13.9. The van der Waals surface area contributed by atoms with E-state index in [-0.39, 0.29) is 18.1 Å². The summed E-state index contributed by atoms with van der Waals surface area (Å²) in [5, 5.41) is 3.59. The van der Waals surface area contributed by atoms with Gasteiger partial charge in [0.2, 0.25) is 21.8 Å². The number of amides is 2. The minimum Gasteiger partial charge on any atom is -0.457 e. The van der Waals surface area contributed by atoms with E-state index in [0.29, 0.717) is 33.5 Å². The first-order valence-electron chi connectivity index (χ1n) is 13.0. The number of rotatable bonds is 11. The fourth-order valence-corrected chi connectivity index (χ4v) is 5.30. The lowest BCUT2D eigenvalue weighted by atomic mass is 10.1. The number of halogens is 2. The highest BCUT2D eigenvalue weighted by Gasteiger charge is 2.33. The third-order valence-electron chi connectivity index (χ3n) is 6.00. The van der Waals surface area contributed by atoms with Gasteiger partial charge in [0.1, 0.15) is 24.1 Å². The van der Waals surface area contributed by atoms with Crippen LogP contribution in [-0.4, -0.2) is 49.5 Å². The molecule has 0 saturated heterocycles. The van der Waals surface area contributed by atoms with E-state index in [2.05, 4.69) is 5.32 Å². The van der Waals surface area contributed by atoms with Crippen molar-refractivity contribution in [2.24, 2.45) is 0 Å². The Morgan fingerprint density at radius 1 is 0.927 bits per heavy atom. The van der Waals surface area contributed by atoms with Gasteiger partial charge in [0, 0.05) is 12.1 Å². The maximum atomic E-state index is 13.9. The van der Waals surface area contributed by atoms with Crippen molar-refractivity contribution in [1.29, 1.82) is 0 Å². The summed E-state index contributed by atoms with van der Waals surface area (Å²) in [5.74, 6) is 0.238. The summed E-state index contributed by atoms with van der Waals surface area (Å²) < 4.78 is 32.6. The Bertz CT molecular complexity index is 1460. The summed E-state index contributed by atoms with van der Waals surface area (Å²) in [6.45, 7) is 6.84. The lowest BCUT2D eigenvalue weighted by Crippen LogP contribution is -2.55. The molecule has 2 amide bonds. The number of carbonyl (C=O) groups excluding carboxylic acids is 2. The number of benzene rings is 3. The van der Waals surface area contributed by atoms with E-state index < -0.39 is 34.1 Å². The van der Waals surface area contributed by atoms with E-state index in [1.807, 2.05) is 39.0 Å². The van der Waals surface area contributed by atoms with Crippen LogP contribution in [0.4, 0.5) is 5.69 Å². The largest absolute Gasteiger partial charge is 0.457 e. The smallest absolute Gasteiger partial charge is 0.244 e. The van der Waals surface area contributed by atoms with Gasteiger partial charge in [0.05, 0.1) is 22.0 Å². The third-order valence-corrected chi connectivity index (χ3v) is 7.88. The zero-order chi connectivity index (χ0) is 30.4. The Labute approximate surface area is 252 Å². The minimum atomic E-state index is -3.88. The van der Waals surface area contributed by atoms with Crippen molar-refractivity contribution in [3.05, 3.63) is 88.4 Å². The van der Waals surface area contributed by atoms with Crippen LogP contribution >= 0.6 is 23.2 Å². The number of carbonyl (C=O) groups is 2. The van der Waals surface area contributed by atoms with Crippen molar-refractivity contribution in [1.82, 2.24) is 10.2 Å². The summed E-state index contributed by atoms with van der Waals surface area (Å²) in [4.78, 5) is 28.5. The quantitative estimate of drug-likeness (QED) is 0.273. The molecule has 0 fully saturated rings. The van der Waals surface area contributed by atoms with Crippen LogP contribution in [0.25, 0.3) is 0 Å². The van der Waals surface area contributed by atoms with Gasteiger partial charge in [-0.05, 0) is 81.3 Å². The predicted octanol–water partition coefficient (Wildman–Crippen LogP) is 6.27. The summed E-state index contributed by atoms with van der Waals surface area (Å²) in [6.07, 6.45) is 1.33. The summed E-state index contributed by atoms with van der Waals surface area (Å²) in [6, 6.07) is 19.6. The van der Waals surface area contributed by atoms with Crippen molar-refractivity contribution < 1.29 is 22.7 Å². The molecule has 0 aliphatic carbocycles. The normalized spacial score (nSPS) is 12.4. The van der Waals surface area contributed by atoms with Crippen LogP contribution in [0.15, 0.2) is 72.8 Å². The average Bonchev–Trinajstić information content (AvgIpc) is 2.88. The van der Waals surface area contributed by atoms with Gasteiger partial charge >= 0.3 is 0 Å². The molecule has 3 rings (SSSR count). The van der Waals surface area contributed by atoms with E-state index >= 15 is 0 Å². The monoisotopic (exact) mass is 619 g/mol. The highest BCUT2D eigenvalue weighted by atomic mass is 35.5. The molecule has 3 aromatic carbocycles. The van der Waals surface area contributed by atoms with Gasteiger partial charge in [0.15, 0.2) is 0 Å². The van der Waals surface area contributed by atoms with Crippen molar-refractivity contribution in [3.63, 3.8) is 0 Å². The number of sulfonamides is 1. The van der Waals surface area contributed by atoms with Gasteiger partial charge in [0.25, 0.3) is 0 Å². The maximum Gasteiger partial charge on any atom is 0.244 e. The van der Waals surface area contributed by atoms with Crippen molar-refractivity contribution in [2.75, 3.05) is 17.1 Å². The topological polar surface area (TPSA) is 96.0 Å². The number of anilines is 1. The minimum absolute atomic E-state index is 0.0211. The van der Waals surface area contributed by atoms with Crippen LogP contribution in [0.5, 0.6) is 11.5 Å². The van der Waals surface area contributed by atoms with Gasteiger partial charge in [-0.2, -0.15) is 0 Å². The third kappa shape index (κ3) is 9.38. The summed E-state index contributed by atoms with van der Waals surface area (Å²) in [7, 11) is -3.88. The summed E-state index contributed by atoms with van der Waals surface area (Å²) in [5.41, 5.74) is 0.386. The first kappa shape index (κ1) is 32.2. The van der Waals surface area contributed by atoms with E-state index in [1.165, 1.54) is 4.90 Å². The van der Waals surface area contributed by atoms with E-state index in [4.69, 9.17) is 27.9 Å². The molecule has 0 radical (unpaired) electrons. The Kier molecular flexibility index (Phi) is 10.7. The number of para-hydroxylation sites is 1. The SMILES string of the molecule is CC[C@H](C(=O)NC(C)(C)C)N(Cc1ccc(Cl)c(Cl)c1)C(=O)CN(c1ccc(Oc2ccccc2)cc1)S(C)(=O)=O. The van der Waals surface area contributed by atoms with Crippen LogP contribution in [0, 0.1) is 0 Å². The molecule has 1 atom stereocenters. The van der Waals surface area contributed by atoms with Crippen molar-refractivity contribution in [3.8, 4) is 11.5 Å². The molecule has 0 aromatic heterocycles. The number of ether oxygens (including phenoxy) is 1. The standard InChI is InChI=1S/C30H35Cl2N3O5S/c1-6-27(29(37)33-30(2,3)4)34(19-21-12-17-25(31)26(32)18-21)28(36)20-35(41(5,38)39)22-13-15-24(16-14-22)40-23-10-8-7-9-11-23/h7-18,27H,6,19-20H2,1-5H3,(H,33,37)/t27-/m1/s1. The molecule has 1 N–H and O–H groups in total. The van der Waals surface area contributed by atoms with Crippen LogP contribution in [0.2, 0.25) is 10.0 Å². The molecule has 0 unspecified atom stereocenters. The van der Waals surface area contributed by atoms with E-state index in [9.17, 15) is 18.0 Å². The molecule has 0 spiro atoms. The molecule has 8 nitrogen and oxygen atoms in total. The first-order valence-corrected chi connectivity index (χ1v) is 15.6. The molecule has 0 aliphatic rings. The Hall–Kier alpha value is -3.27. The second-order valence-electron chi connectivity index (χ2n) is 10.6. The lowest BCUT2D eigenvalue weighted by molar-refractivity contribution is -0.141. The number of hydrogen-bond acceptors (Lipinski definition) is 5. The van der Waals surface area contributed by atoms with Crippen LogP contribution in [-0.2, 0) is 26.2 Å². The van der Waals surface area contributed by atoms with Gasteiger partial charge in [-0.3, -0.25) is 13.9 Å². The molecular weight excluding hydrogens is 585 g/mol. The highest BCUT2D eigenvalue weighted by Crippen LogP contribution is 2.27. The predicted molar refractivity (Wildman–Crippen MR) is 164 cm³/mol. The van der Waals surface area contributed by atoms with Crippen LogP contribution < -0.4 is 14.4 Å². The molecule has 220 valence electrons. The molecule has 41 heavy (non-hydrogen) atoms. The van der Waals surface area contributed by atoms with Gasteiger partial charge < -0.3 is 15.0 Å². The number of nitrogens with zero attached hydrogens (tertiary/aromatic N) is 2. The van der Waals surface area contributed by atoms with Gasteiger partial charge in [-0.15, -0.1) is 0 Å². The van der Waals surface area contributed by atoms with Gasteiger partial charge in [-0.25, -0.2) is 8.42 Å². The van der Waals surface area contributed by atoms with E-state index in [0.717, 1.165) is 10.6 Å². The Morgan fingerprint density at radius 2 is 1.54 bits per heavy atom. The number of nitrogens with one attached hydrogen (secondary N) is 1. The molecule has 0 aliphatic heterocycles. The van der Waals surface area contributed by atoms with E-state index in [1.54, 1.807) is 61.5 Å². The van der Waals surface area contributed by atoms with Crippen molar-refractivity contribution >= 4 is 50.7 Å². The Morgan fingerprint density at radius 3 is 2.07 bits per heavy atom. The highest BCUT2D eigenvalue weighted by molar-refractivity contribution is 7.92. The molecule has 11 heteroatoms. The first-order chi connectivity index (χ1) is 19.2. The Balaban J connectivity index is 1.92. The zero-order valence-electron chi connectivity index (χ0n) is 23.7. The second-order valence-corrected chi connectivity index (χ2v) is 13.3. The zero-order valence-corrected chi connectivity index (χ0v) is 26.1. The lowest BCUT2D eigenvalue weighted by Gasteiger charge is -2.34. The molecular formula is C30H35Cl2N3O5S. The van der Waals surface area contributed by atoms with Crippen LogP contribution in [0.3, 0.4) is 0 Å². The fraction of sp³-hybridized carbons (Fsp3) is 0.333. The van der Waals surface area contributed by atoms with Crippen LogP contribution in [0.1, 0.15) is 39.7 Å². The average molecular weight is 621 g/mol. The molecule has 3 aromatic rings.